The lowest BCUT2D eigenvalue weighted by atomic mass is 9.61. The second-order valence-corrected chi connectivity index (χ2v) is 9.05. The zero-order valence-corrected chi connectivity index (χ0v) is 18.9. The summed E-state index contributed by atoms with van der Waals surface area (Å²) in [5.74, 6) is -0.437. The minimum atomic E-state index is -0.501. The summed E-state index contributed by atoms with van der Waals surface area (Å²) < 4.78 is 10.8. The molecule has 2 fully saturated rings. The van der Waals surface area contributed by atoms with Gasteiger partial charge in [-0.1, -0.05) is 43.7 Å². The molecule has 3 rings (SSSR count). The first-order valence-corrected chi connectivity index (χ1v) is 11.1. The molecular formula is C24H36N2O4. The predicted molar refractivity (Wildman–Crippen MR) is 116 cm³/mol. The van der Waals surface area contributed by atoms with E-state index in [9.17, 15) is 9.59 Å². The molecule has 1 atom stereocenters. The van der Waals surface area contributed by atoms with Crippen LogP contribution in [0.5, 0.6) is 0 Å². The van der Waals surface area contributed by atoms with E-state index in [1.807, 2.05) is 13.0 Å². The van der Waals surface area contributed by atoms with E-state index < -0.39 is 6.09 Å². The summed E-state index contributed by atoms with van der Waals surface area (Å²) in [6.45, 7) is 3.18. The van der Waals surface area contributed by atoms with Crippen molar-refractivity contribution in [3.63, 3.8) is 0 Å². The molecular weight excluding hydrogens is 380 g/mol. The monoisotopic (exact) mass is 416 g/mol. The van der Waals surface area contributed by atoms with Crippen LogP contribution in [0.3, 0.4) is 0 Å². The number of ether oxygens (including phenoxy) is 2. The molecule has 2 aliphatic rings. The maximum atomic E-state index is 13.1. The Labute approximate surface area is 180 Å². The first kappa shape index (κ1) is 22.8. The first-order valence-electron chi connectivity index (χ1n) is 11.1. The molecule has 1 aliphatic carbocycles. The Morgan fingerprint density at radius 1 is 1.17 bits per heavy atom. The van der Waals surface area contributed by atoms with Gasteiger partial charge in [0.25, 0.3) is 0 Å². The van der Waals surface area contributed by atoms with Gasteiger partial charge in [-0.05, 0) is 51.8 Å². The highest BCUT2D eigenvalue weighted by Crippen LogP contribution is 2.54. The lowest BCUT2D eigenvalue weighted by Gasteiger charge is -2.50. The number of benzene rings is 1. The molecule has 6 nitrogen and oxygen atoms in total. The minimum Gasteiger partial charge on any atom is -0.449 e. The number of carbonyl (C=O) groups is 2. The SMILES string of the molecule is CCCCOC(=O)N1CC2(CCC(c3ccccc3)(N(C)C)CC2)C(COC)C1=O. The number of hydrogen-bond donors (Lipinski definition) is 0. The van der Waals surface area contributed by atoms with Crippen LogP contribution in [-0.4, -0.2) is 62.8 Å². The average molecular weight is 417 g/mol. The Balaban J connectivity index is 1.81. The molecule has 1 unspecified atom stereocenters. The van der Waals surface area contributed by atoms with Gasteiger partial charge in [0.15, 0.2) is 0 Å². The summed E-state index contributed by atoms with van der Waals surface area (Å²) in [5, 5.41) is 0. The van der Waals surface area contributed by atoms with Crippen molar-refractivity contribution in [3.05, 3.63) is 35.9 Å². The van der Waals surface area contributed by atoms with Gasteiger partial charge in [-0.2, -0.15) is 0 Å². The highest BCUT2D eigenvalue weighted by molar-refractivity contribution is 5.96. The van der Waals surface area contributed by atoms with E-state index in [1.165, 1.54) is 10.5 Å². The van der Waals surface area contributed by atoms with Crippen molar-refractivity contribution in [2.24, 2.45) is 11.3 Å². The van der Waals surface area contributed by atoms with Gasteiger partial charge in [-0.25, -0.2) is 9.69 Å². The second-order valence-electron chi connectivity index (χ2n) is 9.05. The molecule has 0 bridgehead atoms. The third-order valence-electron chi connectivity index (χ3n) is 7.29. The average Bonchev–Trinajstić information content (AvgIpc) is 3.02. The van der Waals surface area contributed by atoms with Gasteiger partial charge >= 0.3 is 6.09 Å². The normalized spacial score (nSPS) is 29.0. The number of amides is 2. The Kier molecular flexibility index (Phi) is 7.19. The van der Waals surface area contributed by atoms with Crippen LogP contribution in [0, 0.1) is 11.3 Å². The largest absolute Gasteiger partial charge is 0.449 e. The highest BCUT2D eigenvalue weighted by Gasteiger charge is 2.57. The molecule has 1 heterocycles. The fraction of sp³-hybridized carbons (Fsp3) is 0.667. The van der Waals surface area contributed by atoms with E-state index in [0.717, 1.165) is 38.5 Å². The van der Waals surface area contributed by atoms with E-state index in [2.05, 4.69) is 43.3 Å². The molecule has 30 heavy (non-hydrogen) atoms. The number of likely N-dealkylation sites (tertiary alicyclic amines) is 1. The zero-order chi connectivity index (χ0) is 21.8. The number of carbonyl (C=O) groups excluding carboxylic acids is 2. The van der Waals surface area contributed by atoms with Crippen LogP contribution in [0.1, 0.15) is 51.0 Å². The van der Waals surface area contributed by atoms with Crippen LogP contribution in [0.15, 0.2) is 30.3 Å². The Hall–Kier alpha value is -1.92. The minimum absolute atomic E-state index is 0.0533. The second kappa shape index (κ2) is 9.48. The molecule has 1 aromatic rings. The van der Waals surface area contributed by atoms with Crippen LogP contribution < -0.4 is 0 Å². The van der Waals surface area contributed by atoms with Gasteiger partial charge < -0.3 is 9.47 Å². The maximum Gasteiger partial charge on any atom is 0.416 e. The summed E-state index contributed by atoms with van der Waals surface area (Å²) in [7, 11) is 5.89. The molecule has 0 N–H and O–H groups in total. The summed E-state index contributed by atoms with van der Waals surface area (Å²) in [6.07, 6.45) is 4.88. The van der Waals surface area contributed by atoms with Crippen LogP contribution >= 0.6 is 0 Å². The molecule has 0 radical (unpaired) electrons. The molecule has 1 saturated carbocycles. The maximum absolute atomic E-state index is 13.1. The van der Waals surface area contributed by atoms with Gasteiger partial charge in [0.2, 0.25) is 5.91 Å². The fourth-order valence-corrected chi connectivity index (χ4v) is 5.31. The van der Waals surface area contributed by atoms with Crippen LogP contribution in [0.25, 0.3) is 0 Å². The van der Waals surface area contributed by atoms with Crippen LogP contribution in [0.4, 0.5) is 4.79 Å². The molecule has 1 saturated heterocycles. The number of nitrogens with zero attached hydrogens (tertiary/aromatic N) is 2. The molecule has 6 heteroatoms. The Morgan fingerprint density at radius 2 is 1.83 bits per heavy atom. The third kappa shape index (κ3) is 4.12. The fourth-order valence-electron chi connectivity index (χ4n) is 5.31. The van der Waals surface area contributed by atoms with Gasteiger partial charge in [0, 0.05) is 24.6 Å². The standard InChI is InChI=1S/C24H36N2O4/c1-5-6-16-30-22(28)26-18-23(20(17-29-4)21(26)27)12-14-24(15-13-23,25(2)3)19-10-8-7-9-11-19/h7-11,20H,5-6,12-18H2,1-4H3. The number of hydrogen-bond acceptors (Lipinski definition) is 5. The lowest BCUT2D eigenvalue weighted by Crippen LogP contribution is -2.49. The van der Waals surface area contributed by atoms with Crippen LogP contribution in [-0.2, 0) is 19.8 Å². The number of unbranched alkanes of at least 4 members (excludes halogenated alkanes) is 1. The van der Waals surface area contributed by atoms with E-state index >= 15 is 0 Å². The molecule has 0 aromatic heterocycles. The molecule has 2 amide bonds. The van der Waals surface area contributed by atoms with Crippen molar-refractivity contribution in [1.29, 1.82) is 0 Å². The third-order valence-corrected chi connectivity index (χ3v) is 7.29. The smallest absolute Gasteiger partial charge is 0.416 e. The van der Waals surface area contributed by atoms with Crippen molar-refractivity contribution in [2.75, 3.05) is 41.0 Å². The van der Waals surface area contributed by atoms with Gasteiger partial charge in [-0.3, -0.25) is 9.69 Å². The van der Waals surface area contributed by atoms with E-state index in [4.69, 9.17) is 9.47 Å². The summed E-state index contributed by atoms with van der Waals surface area (Å²) >= 11 is 0. The number of imide groups is 1. The summed E-state index contributed by atoms with van der Waals surface area (Å²) in [6, 6.07) is 10.6. The summed E-state index contributed by atoms with van der Waals surface area (Å²) in [4.78, 5) is 29.4. The van der Waals surface area contributed by atoms with Crippen LogP contribution in [0.2, 0.25) is 0 Å². The molecule has 1 spiro atoms. The van der Waals surface area contributed by atoms with E-state index in [0.29, 0.717) is 19.8 Å². The van der Waals surface area contributed by atoms with Crippen molar-refractivity contribution in [3.8, 4) is 0 Å². The summed E-state index contributed by atoms with van der Waals surface area (Å²) in [5.41, 5.74) is 1.02. The van der Waals surface area contributed by atoms with Crippen molar-refractivity contribution in [1.82, 2.24) is 9.80 Å². The molecule has 166 valence electrons. The van der Waals surface area contributed by atoms with Crippen molar-refractivity contribution < 1.29 is 19.1 Å². The number of rotatable bonds is 7. The molecule has 1 aliphatic heterocycles. The quantitative estimate of drug-likeness (QED) is 0.628. The zero-order valence-electron chi connectivity index (χ0n) is 18.9. The van der Waals surface area contributed by atoms with Gasteiger partial charge in [0.1, 0.15) is 0 Å². The Morgan fingerprint density at radius 3 is 2.40 bits per heavy atom. The van der Waals surface area contributed by atoms with Crippen molar-refractivity contribution in [2.45, 2.75) is 51.0 Å². The van der Waals surface area contributed by atoms with E-state index in [-0.39, 0.29) is 22.8 Å². The Bertz CT molecular complexity index is 726. The first-order chi connectivity index (χ1) is 14.4. The number of methoxy groups -OCH3 is 1. The lowest BCUT2D eigenvalue weighted by molar-refractivity contribution is -0.132. The van der Waals surface area contributed by atoms with Gasteiger partial charge in [-0.15, -0.1) is 0 Å². The predicted octanol–water partition coefficient (Wildman–Crippen LogP) is 4.05. The van der Waals surface area contributed by atoms with Gasteiger partial charge in [0.05, 0.1) is 19.1 Å². The topological polar surface area (TPSA) is 59.1 Å². The van der Waals surface area contributed by atoms with E-state index in [1.54, 1.807) is 7.11 Å². The molecule has 1 aromatic carbocycles. The van der Waals surface area contributed by atoms with Crippen molar-refractivity contribution >= 4 is 12.0 Å². The highest BCUT2D eigenvalue weighted by atomic mass is 16.6.